The summed E-state index contributed by atoms with van der Waals surface area (Å²) in [6.45, 7) is 2.70. The number of nitrogens with one attached hydrogen (secondary N) is 2. The van der Waals surface area contributed by atoms with Gasteiger partial charge in [0, 0.05) is 46.7 Å². The molecule has 3 aliphatic rings. The van der Waals surface area contributed by atoms with Crippen LogP contribution < -0.4 is 10.4 Å². The lowest BCUT2D eigenvalue weighted by Crippen LogP contribution is -2.71. The van der Waals surface area contributed by atoms with E-state index < -0.39 is 29.2 Å². The van der Waals surface area contributed by atoms with Crippen molar-refractivity contribution in [2.45, 2.75) is 22.7 Å². The van der Waals surface area contributed by atoms with E-state index in [9.17, 15) is 19.5 Å². The number of amides is 2. The Kier molecular flexibility index (Phi) is 8.75. The molecule has 1 unspecified atom stereocenters. The molecule has 2 aromatic heterocycles. The van der Waals surface area contributed by atoms with Crippen LogP contribution >= 0.6 is 55.8 Å². The van der Waals surface area contributed by atoms with E-state index in [0.29, 0.717) is 20.1 Å². The zero-order chi connectivity index (χ0) is 28.4. The van der Waals surface area contributed by atoms with E-state index in [1.165, 1.54) is 39.8 Å². The van der Waals surface area contributed by atoms with E-state index in [1.54, 1.807) is 6.92 Å². The van der Waals surface area contributed by atoms with Crippen LogP contribution in [-0.2, 0) is 19.2 Å². The van der Waals surface area contributed by atoms with Gasteiger partial charge in [0.15, 0.2) is 4.34 Å². The summed E-state index contributed by atoms with van der Waals surface area (Å²) >= 11 is 5.05. The van der Waals surface area contributed by atoms with Gasteiger partial charge in [-0.15, -0.1) is 23.1 Å². The van der Waals surface area contributed by atoms with Gasteiger partial charge in [0.05, 0.1) is 5.69 Å². The first-order valence-electron chi connectivity index (χ1n) is 11.8. The molecule has 0 aliphatic carbocycles. The molecule has 0 saturated carbocycles. The Balaban J connectivity index is 1.31. The molecule has 3 aliphatic heterocycles. The van der Waals surface area contributed by atoms with Gasteiger partial charge in [0.2, 0.25) is 16.7 Å². The highest BCUT2D eigenvalue weighted by Crippen LogP contribution is 2.45. The predicted octanol–water partition coefficient (Wildman–Crippen LogP) is 2.27. The van der Waals surface area contributed by atoms with Gasteiger partial charge in [-0.25, -0.2) is 9.78 Å². The number of allylic oxidation sites excluding steroid dienone is 2. The number of likely N-dealkylation sites (N-methyl/N-ethyl adjacent to an activating group) is 1. The van der Waals surface area contributed by atoms with Gasteiger partial charge >= 0.3 is 5.97 Å². The fourth-order valence-electron chi connectivity index (χ4n) is 3.88. The van der Waals surface area contributed by atoms with Gasteiger partial charge in [-0.2, -0.15) is 9.36 Å². The topological polar surface area (TPSA) is 162 Å². The van der Waals surface area contributed by atoms with E-state index in [-0.39, 0.29) is 23.8 Å². The number of β-lactam (4-membered cyclic amide) rings is 1. The van der Waals surface area contributed by atoms with E-state index in [0.717, 1.165) is 29.3 Å². The van der Waals surface area contributed by atoms with E-state index in [2.05, 4.69) is 45.4 Å². The average molecular weight is 639 g/mol. The summed E-state index contributed by atoms with van der Waals surface area (Å²) in [6.07, 6.45) is 6.04. The normalized spacial score (nSPS) is 20.6. The smallest absolute Gasteiger partial charge is 0.353 e. The number of aliphatic carboxylic acids is 1. The maximum atomic E-state index is 13.2. The van der Waals surface area contributed by atoms with Crippen LogP contribution in [0.15, 0.2) is 43.8 Å². The zero-order valence-corrected chi connectivity index (χ0v) is 25.5. The number of carbonyl (C=O) groups excluding carboxylic acids is 2. The Morgan fingerprint density at radius 3 is 2.88 bits per heavy atom. The number of carboxylic acid groups (broad SMARTS) is 1. The molecule has 5 rings (SSSR count). The third-order valence-corrected chi connectivity index (χ3v) is 10.4. The third kappa shape index (κ3) is 5.74. The Morgan fingerprint density at radius 1 is 1.38 bits per heavy atom. The first-order valence-corrected chi connectivity index (χ1v) is 15.8. The monoisotopic (exact) mass is 638 g/mol. The van der Waals surface area contributed by atoms with Gasteiger partial charge in [-0.1, -0.05) is 23.0 Å². The SMILES string of the molecule is CCO/N=C(\C(=O)N[C@@H]1C(=O)N2C(C(=O)O)=C(Sc3nc(C4=CCN(C)C=C4)cs3)CS[C@H]12)c1nsc(NP)n1. The van der Waals surface area contributed by atoms with Gasteiger partial charge in [0.1, 0.15) is 23.7 Å². The van der Waals surface area contributed by atoms with E-state index >= 15 is 0 Å². The summed E-state index contributed by atoms with van der Waals surface area (Å²) in [5.74, 6) is -2.07. The van der Waals surface area contributed by atoms with E-state index in [4.69, 9.17) is 4.84 Å². The standard InChI is InChI=1S/C22H23N8O5PS4/c1-3-35-26-13(16-25-21(27-36)40-28-16)17(31)24-14-18(32)30-15(20(33)34)12(9-37-19(14)30)39-22-23-11(8-38-22)10-4-6-29(2)7-5-10/h4-6,8,14,19H,3,7,9,36H2,1-2H3,(H,24,31)(H,33,34)(H,25,27,28)/b26-13-/t14-,19-/m1/s1. The minimum Gasteiger partial charge on any atom is -0.477 e. The summed E-state index contributed by atoms with van der Waals surface area (Å²) in [7, 11) is 4.27. The number of aromatic nitrogens is 3. The molecule has 1 fully saturated rings. The lowest BCUT2D eigenvalue weighted by molar-refractivity contribution is -0.150. The van der Waals surface area contributed by atoms with Crippen molar-refractivity contribution >= 4 is 90.0 Å². The summed E-state index contributed by atoms with van der Waals surface area (Å²) in [4.78, 5) is 56.2. The number of anilines is 1. The van der Waals surface area contributed by atoms with Crippen LogP contribution in [0.3, 0.4) is 0 Å². The fourth-order valence-corrected chi connectivity index (χ4v) is 8.05. The molecule has 5 heterocycles. The van der Waals surface area contributed by atoms with E-state index in [1.807, 2.05) is 29.6 Å². The molecule has 3 N–H and O–H groups in total. The Labute approximate surface area is 247 Å². The number of fused-ring (bicyclic) bond motifs is 1. The highest BCUT2D eigenvalue weighted by molar-refractivity contribution is 8.07. The molecule has 3 atom stereocenters. The summed E-state index contributed by atoms with van der Waals surface area (Å²) in [5.41, 5.74) is 1.54. The van der Waals surface area contributed by atoms with Crippen molar-refractivity contribution in [2.24, 2.45) is 5.16 Å². The van der Waals surface area contributed by atoms with Crippen LogP contribution in [0.1, 0.15) is 18.4 Å². The Morgan fingerprint density at radius 2 is 2.20 bits per heavy atom. The minimum absolute atomic E-state index is 0.0416. The lowest BCUT2D eigenvalue weighted by atomic mass is 10.0. The average Bonchev–Trinajstić information content (AvgIpc) is 3.62. The summed E-state index contributed by atoms with van der Waals surface area (Å²) in [5, 5.41) is 21.1. The molecule has 0 aromatic carbocycles. The Bertz CT molecular complexity index is 1470. The largest absolute Gasteiger partial charge is 0.477 e. The summed E-state index contributed by atoms with van der Waals surface area (Å²) < 4.78 is 4.79. The number of hydrogen-bond donors (Lipinski definition) is 3. The summed E-state index contributed by atoms with van der Waals surface area (Å²) in [6, 6.07) is -0.946. The Hall–Kier alpha value is -2.98. The number of nitrogens with zero attached hydrogens (tertiary/aromatic N) is 6. The number of hydrogen-bond acceptors (Lipinski definition) is 14. The molecule has 13 nitrogen and oxygen atoms in total. The molecule has 2 aromatic rings. The van der Waals surface area contributed by atoms with Crippen molar-refractivity contribution in [2.75, 3.05) is 31.0 Å². The van der Waals surface area contributed by atoms with Crippen LogP contribution in [0, 0.1) is 0 Å². The highest BCUT2D eigenvalue weighted by Gasteiger charge is 2.54. The number of carboxylic acids is 1. The molecule has 40 heavy (non-hydrogen) atoms. The second kappa shape index (κ2) is 12.3. The van der Waals surface area contributed by atoms with Crippen molar-refractivity contribution in [3.63, 3.8) is 0 Å². The molecular formula is C22H23N8O5PS4. The minimum atomic E-state index is -1.22. The maximum Gasteiger partial charge on any atom is 0.353 e. The second-order valence-electron chi connectivity index (χ2n) is 8.38. The van der Waals surface area contributed by atoms with Crippen molar-refractivity contribution in [3.8, 4) is 0 Å². The molecule has 1 saturated heterocycles. The number of rotatable bonds is 10. The van der Waals surface area contributed by atoms with Gasteiger partial charge in [-0.3, -0.25) is 14.5 Å². The first-order chi connectivity index (χ1) is 19.3. The lowest BCUT2D eigenvalue weighted by Gasteiger charge is -2.49. The van der Waals surface area contributed by atoms with Crippen LogP contribution in [0.4, 0.5) is 5.13 Å². The zero-order valence-electron chi connectivity index (χ0n) is 21.1. The third-order valence-electron chi connectivity index (χ3n) is 5.78. The second-order valence-corrected chi connectivity index (χ2v) is 12.7. The number of thiazole rings is 1. The van der Waals surface area contributed by atoms with Crippen molar-refractivity contribution in [1.29, 1.82) is 0 Å². The number of carbonyl (C=O) groups is 3. The van der Waals surface area contributed by atoms with Gasteiger partial charge < -0.3 is 25.2 Å². The molecule has 0 bridgehead atoms. The van der Waals surface area contributed by atoms with Crippen LogP contribution in [0.5, 0.6) is 0 Å². The van der Waals surface area contributed by atoms with Crippen molar-refractivity contribution in [1.82, 2.24) is 29.5 Å². The first kappa shape index (κ1) is 28.5. The fraction of sp³-hybridized carbons (Fsp3) is 0.318. The van der Waals surface area contributed by atoms with Crippen LogP contribution in [0.2, 0.25) is 0 Å². The molecule has 18 heteroatoms. The predicted molar refractivity (Wildman–Crippen MR) is 159 cm³/mol. The molecule has 2 amide bonds. The van der Waals surface area contributed by atoms with Gasteiger partial charge in [0.25, 0.3) is 11.8 Å². The number of thioether (sulfide) groups is 2. The molecular weight excluding hydrogens is 616 g/mol. The van der Waals surface area contributed by atoms with Crippen molar-refractivity contribution in [3.05, 3.63) is 45.9 Å². The maximum absolute atomic E-state index is 13.2. The molecule has 210 valence electrons. The molecule has 0 spiro atoms. The van der Waals surface area contributed by atoms with Crippen LogP contribution in [-0.4, -0.2) is 90.1 Å². The molecule has 0 radical (unpaired) electrons. The quantitative estimate of drug-likeness (QED) is 0.151. The van der Waals surface area contributed by atoms with Gasteiger partial charge in [-0.05, 0) is 28.6 Å². The number of oxime groups is 1. The highest BCUT2D eigenvalue weighted by atomic mass is 32.2. The van der Waals surface area contributed by atoms with Crippen molar-refractivity contribution < 1.29 is 24.3 Å². The van der Waals surface area contributed by atoms with Crippen LogP contribution in [0.25, 0.3) is 5.57 Å².